The maximum Gasteiger partial charge on any atom is 0.240 e. The summed E-state index contributed by atoms with van der Waals surface area (Å²) in [6.45, 7) is 3.37. The van der Waals surface area contributed by atoms with Gasteiger partial charge in [0, 0.05) is 12.8 Å². The standard InChI is InChI=1S/C30H56O8/c1-3-5-7-9-11-13-15-17-19-21-24(32)28(36)30(38,29(37)27(35)25(33)23-31)26(34)22-20-18-16-14-12-10-8-6-4-2/h25,27,29,31,33,35,37-38H,3-23H2,1-2H3/t25-,27-,29+,30-/m1/s1. The molecular weight excluding hydrogens is 488 g/mol. The van der Waals surface area contributed by atoms with Crippen LogP contribution in [0.4, 0.5) is 0 Å². The molecule has 0 saturated carbocycles. The quantitative estimate of drug-likeness (QED) is 0.0582. The third kappa shape index (κ3) is 14.3. The Kier molecular flexibility index (Phi) is 21.9. The van der Waals surface area contributed by atoms with Crippen molar-refractivity contribution in [2.75, 3.05) is 6.61 Å². The molecule has 224 valence electrons. The molecule has 0 aromatic carbocycles. The molecule has 4 atom stereocenters. The van der Waals surface area contributed by atoms with Crippen LogP contribution in [0.5, 0.6) is 0 Å². The Hall–Kier alpha value is -1.19. The fraction of sp³-hybridized carbons (Fsp3) is 0.900. The number of hydrogen-bond donors (Lipinski definition) is 5. The molecule has 0 heterocycles. The van der Waals surface area contributed by atoms with E-state index in [0.29, 0.717) is 19.3 Å². The van der Waals surface area contributed by atoms with E-state index in [1.54, 1.807) is 0 Å². The highest BCUT2D eigenvalue weighted by Gasteiger charge is 2.54. The highest BCUT2D eigenvalue weighted by Crippen LogP contribution is 2.24. The van der Waals surface area contributed by atoms with Gasteiger partial charge in [0.25, 0.3) is 0 Å². The highest BCUT2D eigenvalue weighted by atomic mass is 16.4. The third-order valence-electron chi connectivity index (χ3n) is 7.37. The smallest absolute Gasteiger partial charge is 0.240 e. The van der Waals surface area contributed by atoms with E-state index < -0.39 is 47.9 Å². The molecule has 0 aromatic heterocycles. The molecule has 0 aliphatic rings. The molecule has 0 unspecified atom stereocenters. The monoisotopic (exact) mass is 544 g/mol. The molecular formula is C30H56O8. The molecule has 0 fully saturated rings. The lowest BCUT2D eigenvalue weighted by Gasteiger charge is -2.33. The van der Waals surface area contributed by atoms with Gasteiger partial charge in [0.1, 0.15) is 18.3 Å². The van der Waals surface area contributed by atoms with Crippen LogP contribution in [0.1, 0.15) is 142 Å². The minimum Gasteiger partial charge on any atom is -0.394 e. The minimum absolute atomic E-state index is 0.173. The van der Waals surface area contributed by atoms with Gasteiger partial charge in [-0.15, -0.1) is 0 Å². The van der Waals surface area contributed by atoms with E-state index in [2.05, 4.69) is 13.8 Å². The normalized spacial score (nSPS) is 15.6. The Morgan fingerprint density at radius 2 is 0.974 bits per heavy atom. The molecule has 0 amide bonds. The largest absolute Gasteiger partial charge is 0.394 e. The molecule has 0 spiro atoms. The van der Waals surface area contributed by atoms with Crippen molar-refractivity contribution in [1.82, 2.24) is 0 Å². The summed E-state index contributed by atoms with van der Waals surface area (Å²) in [5.41, 5.74) is -3.16. The zero-order valence-corrected chi connectivity index (χ0v) is 24.0. The summed E-state index contributed by atoms with van der Waals surface area (Å²) in [6, 6.07) is 0. The number of aliphatic hydroxyl groups excluding tert-OH is 4. The van der Waals surface area contributed by atoms with Crippen molar-refractivity contribution in [3.8, 4) is 0 Å². The zero-order chi connectivity index (χ0) is 28.8. The molecule has 0 aliphatic carbocycles. The summed E-state index contributed by atoms with van der Waals surface area (Å²) in [5, 5.41) is 50.6. The van der Waals surface area contributed by atoms with E-state index in [9.17, 15) is 34.8 Å². The zero-order valence-electron chi connectivity index (χ0n) is 24.0. The number of carbonyl (C=O) groups excluding carboxylic acids is 3. The van der Waals surface area contributed by atoms with Crippen molar-refractivity contribution in [3.63, 3.8) is 0 Å². The Bertz CT molecular complexity index is 638. The van der Waals surface area contributed by atoms with Gasteiger partial charge in [0.15, 0.2) is 5.78 Å². The predicted octanol–water partition coefficient (Wildman–Crippen LogP) is 4.34. The summed E-state index contributed by atoms with van der Waals surface area (Å²) in [7, 11) is 0. The number of unbranched alkanes of at least 4 members (excludes halogenated alkanes) is 16. The predicted molar refractivity (Wildman–Crippen MR) is 149 cm³/mol. The van der Waals surface area contributed by atoms with Gasteiger partial charge < -0.3 is 25.5 Å². The maximum atomic E-state index is 13.0. The van der Waals surface area contributed by atoms with Crippen molar-refractivity contribution in [2.24, 2.45) is 0 Å². The van der Waals surface area contributed by atoms with Crippen LogP contribution < -0.4 is 0 Å². The van der Waals surface area contributed by atoms with Crippen molar-refractivity contribution in [2.45, 2.75) is 166 Å². The topological polar surface area (TPSA) is 152 Å². The maximum absolute atomic E-state index is 13.0. The summed E-state index contributed by atoms with van der Waals surface area (Å²) in [5.74, 6) is -3.50. The van der Waals surface area contributed by atoms with Crippen molar-refractivity contribution in [3.05, 3.63) is 0 Å². The molecule has 0 aliphatic heterocycles. The van der Waals surface area contributed by atoms with E-state index in [1.807, 2.05) is 0 Å². The third-order valence-corrected chi connectivity index (χ3v) is 7.37. The molecule has 0 saturated heterocycles. The SMILES string of the molecule is CCCCCCCCCCCC(=O)C(=O)[C@](O)(C(=O)CCCCCCCCCCC)[C@@H](O)[C@H](O)[C@H](O)CO. The van der Waals surface area contributed by atoms with Crippen molar-refractivity contribution < 1.29 is 39.9 Å². The van der Waals surface area contributed by atoms with Gasteiger partial charge in [-0.1, -0.05) is 117 Å². The van der Waals surface area contributed by atoms with E-state index >= 15 is 0 Å². The van der Waals surface area contributed by atoms with Crippen LogP contribution in [-0.2, 0) is 14.4 Å². The van der Waals surface area contributed by atoms with Crippen LogP contribution in [0.25, 0.3) is 0 Å². The van der Waals surface area contributed by atoms with Gasteiger partial charge in [-0.05, 0) is 12.8 Å². The van der Waals surface area contributed by atoms with Crippen LogP contribution >= 0.6 is 0 Å². The van der Waals surface area contributed by atoms with Gasteiger partial charge in [-0.3, -0.25) is 14.4 Å². The lowest BCUT2D eigenvalue weighted by Crippen LogP contribution is -2.63. The molecule has 0 bridgehead atoms. The van der Waals surface area contributed by atoms with Crippen LogP contribution in [0.3, 0.4) is 0 Å². The van der Waals surface area contributed by atoms with Gasteiger partial charge >= 0.3 is 0 Å². The molecule has 38 heavy (non-hydrogen) atoms. The average Bonchev–Trinajstić information content (AvgIpc) is 2.92. The lowest BCUT2D eigenvalue weighted by molar-refractivity contribution is -0.183. The summed E-state index contributed by atoms with van der Waals surface area (Å²) in [4.78, 5) is 38.5. The average molecular weight is 545 g/mol. The van der Waals surface area contributed by atoms with Crippen LogP contribution in [0.2, 0.25) is 0 Å². The molecule has 0 radical (unpaired) electrons. The van der Waals surface area contributed by atoms with Gasteiger partial charge in [0.05, 0.1) is 6.61 Å². The van der Waals surface area contributed by atoms with E-state index in [4.69, 9.17) is 5.11 Å². The first-order valence-corrected chi connectivity index (χ1v) is 15.2. The molecule has 0 rings (SSSR count). The van der Waals surface area contributed by atoms with Crippen molar-refractivity contribution in [1.29, 1.82) is 0 Å². The minimum atomic E-state index is -3.16. The second kappa shape index (κ2) is 22.6. The number of Topliss-reactive ketones (excluding diaryl/α,β-unsaturated/α-hetero) is 3. The first-order valence-electron chi connectivity index (χ1n) is 15.2. The summed E-state index contributed by atoms with van der Waals surface area (Å²) in [6.07, 6.45) is 10.9. The first-order chi connectivity index (χ1) is 18.2. The number of carbonyl (C=O) groups is 3. The second-order valence-electron chi connectivity index (χ2n) is 10.8. The van der Waals surface area contributed by atoms with Crippen LogP contribution in [0.15, 0.2) is 0 Å². The Morgan fingerprint density at radius 1 is 0.605 bits per heavy atom. The van der Waals surface area contributed by atoms with Gasteiger partial charge in [0.2, 0.25) is 17.2 Å². The summed E-state index contributed by atoms with van der Waals surface area (Å²) >= 11 is 0. The fourth-order valence-electron chi connectivity index (χ4n) is 4.70. The molecule has 8 nitrogen and oxygen atoms in total. The van der Waals surface area contributed by atoms with Gasteiger partial charge in [-0.25, -0.2) is 0 Å². The van der Waals surface area contributed by atoms with Gasteiger partial charge in [-0.2, -0.15) is 0 Å². The first kappa shape index (κ1) is 36.8. The van der Waals surface area contributed by atoms with Crippen LogP contribution in [-0.4, -0.2) is 73.4 Å². The molecule has 8 heteroatoms. The Morgan fingerprint density at radius 3 is 1.37 bits per heavy atom. The Balaban J connectivity index is 4.90. The molecule has 5 N–H and O–H groups in total. The van der Waals surface area contributed by atoms with E-state index in [1.165, 1.54) is 51.4 Å². The Labute approximate surface area is 230 Å². The highest BCUT2D eigenvalue weighted by molar-refractivity contribution is 6.45. The lowest BCUT2D eigenvalue weighted by atomic mass is 9.79. The van der Waals surface area contributed by atoms with Crippen LogP contribution in [0, 0.1) is 0 Å². The summed E-state index contributed by atoms with van der Waals surface area (Å²) < 4.78 is 0. The number of aliphatic hydroxyl groups is 5. The molecule has 0 aromatic rings. The van der Waals surface area contributed by atoms with E-state index in [-0.39, 0.29) is 12.8 Å². The number of hydrogen-bond acceptors (Lipinski definition) is 8. The van der Waals surface area contributed by atoms with Crippen molar-refractivity contribution >= 4 is 17.3 Å². The number of rotatable bonds is 27. The number of ketones is 3. The van der Waals surface area contributed by atoms with E-state index in [0.717, 1.165) is 44.9 Å². The fourth-order valence-corrected chi connectivity index (χ4v) is 4.70. The second-order valence-corrected chi connectivity index (χ2v) is 10.8.